The van der Waals surface area contributed by atoms with Gasteiger partial charge in [0.05, 0.1) is 11.2 Å². The molecule has 2 aromatic rings. The molecule has 1 saturated heterocycles. The first-order valence-corrected chi connectivity index (χ1v) is 8.27. The van der Waals surface area contributed by atoms with Crippen molar-refractivity contribution < 1.29 is 9.31 Å². The number of anilines is 1. The fourth-order valence-electron chi connectivity index (χ4n) is 2.62. The molecule has 0 bridgehead atoms. The molecule has 0 amide bonds. The van der Waals surface area contributed by atoms with E-state index in [0.717, 1.165) is 16.8 Å². The first-order chi connectivity index (χ1) is 11.3. The summed E-state index contributed by atoms with van der Waals surface area (Å²) in [6, 6.07) is 16.3. The van der Waals surface area contributed by atoms with E-state index in [2.05, 4.69) is 52.0 Å². The standard InChI is InChI=1S/C20H24BNO2/c1-19(2)20(3,4)24-21(23-19)14-13-15-5-7-16(8-6-15)17-9-11-18(22)12-10-17/h5-14H,22H2,1-4H3. The highest BCUT2D eigenvalue weighted by Crippen LogP contribution is 2.37. The van der Waals surface area contributed by atoms with Crippen LogP contribution in [0.2, 0.25) is 0 Å². The van der Waals surface area contributed by atoms with Gasteiger partial charge in [0.25, 0.3) is 0 Å². The van der Waals surface area contributed by atoms with E-state index in [1.807, 2.05) is 36.3 Å². The molecule has 0 spiro atoms. The third-order valence-electron chi connectivity index (χ3n) is 4.87. The Bertz CT molecular complexity index is 717. The predicted octanol–water partition coefficient (Wildman–Crippen LogP) is 4.58. The van der Waals surface area contributed by atoms with Gasteiger partial charge in [-0.05, 0) is 56.5 Å². The number of benzene rings is 2. The monoisotopic (exact) mass is 321 g/mol. The molecule has 1 fully saturated rings. The van der Waals surface area contributed by atoms with Crippen LogP contribution in [0, 0.1) is 0 Å². The van der Waals surface area contributed by atoms with E-state index in [-0.39, 0.29) is 18.3 Å². The predicted molar refractivity (Wildman–Crippen MR) is 101 cm³/mol. The Morgan fingerprint density at radius 3 is 1.75 bits per heavy atom. The third-order valence-corrected chi connectivity index (χ3v) is 4.87. The van der Waals surface area contributed by atoms with Gasteiger partial charge in [-0.15, -0.1) is 0 Å². The van der Waals surface area contributed by atoms with Crippen LogP contribution in [0.1, 0.15) is 33.3 Å². The lowest BCUT2D eigenvalue weighted by molar-refractivity contribution is 0.00578. The number of hydrogen-bond donors (Lipinski definition) is 1. The zero-order valence-corrected chi connectivity index (χ0v) is 14.7. The lowest BCUT2D eigenvalue weighted by Gasteiger charge is -2.32. The first kappa shape index (κ1) is 16.8. The second-order valence-corrected chi connectivity index (χ2v) is 7.23. The fourth-order valence-corrected chi connectivity index (χ4v) is 2.62. The van der Waals surface area contributed by atoms with E-state index in [1.165, 1.54) is 5.56 Å². The van der Waals surface area contributed by atoms with Crippen molar-refractivity contribution in [1.29, 1.82) is 0 Å². The van der Waals surface area contributed by atoms with Crippen molar-refractivity contribution in [3.8, 4) is 11.1 Å². The van der Waals surface area contributed by atoms with Gasteiger partial charge >= 0.3 is 7.12 Å². The van der Waals surface area contributed by atoms with Crippen LogP contribution in [0.15, 0.2) is 54.5 Å². The smallest absolute Gasteiger partial charge is 0.400 e. The normalized spacial score (nSPS) is 19.1. The van der Waals surface area contributed by atoms with Crippen LogP contribution < -0.4 is 5.73 Å². The van der Waals surface area contributed by atoms with Crippen LogP contribution in [0.3, 0.4) is 0 Å². The minimum absolute atomic E-state index is 0.305. The maximum absolute atomic E-state index is 5.97. The zero-order chi connectivity index (χ0) is 17.4. The SMILES string of the molecule is CC1(C)OB(C=Cc2ccc(-c3ccc(N)cc3)cc2)OC1(C)C. The summed E-state index contributed by atoms with van der Waals surface area (Å²) < 4.78 is 11.9. The highest BCUT2D eigenvalue weighted by atomic mass is 16.7. The summed E-state index contributed by atoms with van der Waals surface area (Å²) in [6.07, 6.45) is 2.04. The molecule has 1 heterocycles. The van der Waals surface area contributed by atoms with Crippen molar-refractivity contribution in [2.45, 2.75) is 38.9 Å². The number of nitrogens with two attached hydrogens (primary N) is 1. The van der Waals surface area contributed by atoms with E-state index in [1.54, 1.807) is 0 Å². The summed E-state index contributed by atoms with van der Waals surface area (Å²) in [5.74, 6) is 1.97. The van der Waals surface area contributed by atoms with E-state index in [9.17, 15) is 0 Å². The van der Waals surface area contributed by atoms with Gasteiger partial charge in [0, 0.05) is 5.69 Å². The molecule has 0 aromatic heterocycles. The van der Waals surface area contributed by atoms with Gasteiger partial charge in [-0.3, -0.25) is 0 Å². The molecule has 124 valence electrons. The van der Waals surface area contributed by atoms with Crippen LogP contribution in [-0.4, -0.2) is 18.3 Å². The van der Waals surface area contributed by atoms with E-state index >= 15 is 0 Å². The van der Waals surface area contributed by atoms with Gasteiger partial charge in [-0.2, -0.15) is 0 Å². The maximum Gasteiger partial charge on any atom is 0.487 e. The van der Waals surface area contributed by atoms with E-state index in [0.29, 0.717) is 0 Å². The van der Waals surface area contributed by atoms with Gasteiger partial charge in [-0.1, -0.05) is 48.4 Å². The summed E-state index contributed by atoms with van der Waals surface area (Å²) in [5.41, 5.74) is 9.34. The van der Waals surface area contributed by atoms with Gasteiger partial charge in [0.1, 0.15) is 0 Å². The lowest BCUT2D eigenvalue weighted by atomic mass is 9.89. The summed E-state index contributed by atoms with van der Waals surface area (Å²) in [7, 11) is -0.313. The molecular weight excluding hydrogens is 297 g/mol. The molecule has 4 heteroatoms. The van der Waals surface area contributed by atoms with Crippen LogP contribution in [0.5, 0.6) is 0 Å². The van der Waals surface area contributed by atoms with Crippen molar-refractivity contribution in [3.63, 3.8) is 0 Å². The lowest BCUT2D eigenvalue weighted by Crippen LogP contribution is -2.41. The molecule has 2 N–H and O–H groups in total. The van der Waals surface area contributed by atoms with E-state index < -0.39 is 0 Å². The minimum atomic E-state index is -0.313. The average Bonchev–Trinajstić information content (AvgIpc) is 2.74. The minimum Gasteiger partial charge on any atom is -0.400 e. The van der Waals surface area contributed by atoms with Crippen molar-refractivity contribution in [2.24, 2.45) is 0 Å². The Morgan fingerprint density at radius 2 is 1.25 bits per heavy atom. The Kier molecular flexibility index (Phi) is 4.28. The maximum atomic E-state index is 5.97. The second-order valence-electron chi connectivity index (χ2n) is 7.23. The summed E-state index contributed by atoms with van der Waals surface area (Å²) in [6.45, 7) is 8.23. The molecule has 1 aliphatic rings. The molecular formula is C20H24BNO2. The average molecular weight is 321 g/mol. The Balaban J connectivity index is 1.70. The summed E-state index contributed by atoms with van der Waals surface area (Å²) >= 11 is 0. The highest BCUT2D eigenvalue weighted by Gasteiger charge is 2.49. The molecule has 0 radical (unpaired) electrons. The van der Waals surface area contributed by atoms with E-state index in [4.69, 9.17) is 15.0 Å². The Morgan fingerprint density at radius 1 is 0.792 bits per heavy atom. The number of hydrogen-bond acceptors (Lipinski definition) is 3. The van der Waals surface area contributed by atoms with Crippen LogP contribution in [0.25, 0.3) is 17.2 Å². The number of nitrogen functional groups attached to an aromatic ring is 1. The molecule has 24 heavy (non-hydrogen) atoms. The first-order valence-electron chi connectivity index (χ1n) is 8.27. The number of rotatable bonds is 3. The van der Waals surface area contributed by atoms with Crippen LogP contribution in [0.4, 0.5) is 5.69 Å². The largest absolute Gasteiger partial charge is 0.487 e. The molecule has 2 aromatic carbocycles. The third kappa shape index (κ3) is 3.40. The topological polar surface area (TPSA) is 44.5 Å². The quantitative estimate of drug-likeness (QED) is 0.665. The van der Waals surface area contributed by atoms with Gasteiger partial charge < -0.3 is 15.0 Å². The molecule has 0 aliphatic carbocycles. The van der Waals surface area contributed by atoms with Gasteiger partial charge in [0.15, 0.2) is 0 Å². The van der Waals surface area contributed by atoms with Crippen molar-refractivity contribution >= 4 is 18.9 Å². The Hall–Kier alpha value is -2.04. The van der Waals surface area contributed by atoms with Gasteiger partial charge in [-0.25, -0.2) is 0 Å². The summed E-state index contributed by atoms with van der Waals surface area (Å²) in [5, 5.41) is 0. The molecule has 3 rings (SSSR count). The molecule has 1 aliphatic heterocycles. The van der Waals surface area contributed by atoms with Crippen LogP contribution >= 0.6 is 0 Å². The molecule has 3 nitrogen and oxygen atoms in total. The fraction of sp³-hybridized carbons (Fsp3) is 0.300. The Labute approximate surface area is 144 Å². The highest BCUT2D eigenvalue weighted by molar-refractivity contribution is 6.52. The zero-order valence-electron chi connectivity index (χ0n) is 14.7. The molecule has 0 atom stereocenters. The van der Waals surface area contributed by atoms with Crippen molar-refractivity contribution in [2.75, 3.05) is 5.73 Å². The van der Waals surface area contributed by atoms with Crippen LogP contribution in [-0.2, 0) is 9.31 Å². The molecule has 0 unspecified atom stereocenters. The molecule has 0 saturated carbocycles. The second kappa shape index (κ2) is 6.12. The van der Waals surface area contributed by atoms with Crippen molar-refractivity contribution in [3.05, 3.63) is 60.1 Å². The summed E-state index contributed by atoms with van der Waals surface area (Å²) in [4.78, 5) is 0. The van der Waals surface area contributed by atoms with Gasteiger partial charge in [0.2, 0.25) is 0 Å². The van der Waals surface area contributed by atoms with Crippen molar-refractivity contribution in [1.82, 2.24) is 0 Å².